The molecule has 0 saturated heterocycles. The Morgan fingerprint density at radius 1 is 1.16 bits per heavy atom. The molecule has 0 bridgehead atoms. The quantitative estimate of drug-likeness (QED) is 0.667. The molecule has 1 aliphatic carbocycles. The van der Waals surface area contributed by atoms with Crippen molar-refractivity contribution in [2.45, 2.75) is 44.8 Å². The van der Waals surface area contributed by atoms with Gasteiger partial charge in [0.1, 0.15) is 6.54 Å². The Bertz CT molecular complexity index is 1160. The summed E-state index contributed by atoms with van der Waals surface area (Å²) in [6, 6.07) is 12.8. The molecule has 1 aromatic carbocycles. The van der Waals surface area contributed by atoms with Gasteiger partial charge in [0, 0.05) is 43.5 Å². The van der Waals surface area contributed by atoms with E-state index in [4.69, 9.17) is 0 Å². The van der Waals surface area contributed by atoms with Crippen LogP contribution >= 0.6 is 0 Å². The molecular formula is C24H26N4O3. The highest BCUT2D eigenvalue weighted by Crippen LogP contribution is 2.18. The third kappa shape index (κ3) is 4.99. The monoisotopic (exact) mass is 418 g/mol. The van der Waals surface area contributed by atoms with Crippen molar-refractivity contribution in [1.29, 1.82) is 0 Å². The molecule has 1 aliphatic rings. The van der Waals surface area contributed by atoms with Crippen LogP contribution < -0.4 is 10.9 Å². The maximum atomic E-state index is 12.9. The van der Waals surface area contributed by atoms with Crippen molar-refractivity contribution < 1.29 is 9.59 Å². The van der Waals surface area contributed by atoms with Crippen LogP contribution in [0.1, 0.15) is 41.6 Å². The molecule has 1 saturated carbocycles. The SMILES string of the molecule is CN(Cc1ccc2ncccc2c1)C(=O)c1ccc(=O)n(CC(=O)NC2CCCC2)c1. The number of nitrogens with one attached hydrogen (secondary N) is 1. The van der Waals surface area contributed by atoms with Crippen molar-refractivity contribution >= 4 is 22.7 Å². The van der Waals surface area contributed by atoms with E-state index in [1.54, 1.807) is 18.1 Å². The molecule has 1 N–H and O–H groups in total. The number of aromatic nitrogens is 2. The minimum Gasteiger partial charge on any atom is -0.352 e. The summed E-state index contributed by atoms with van der Waals surface area (Å²) in [5, 5.41) is 3.99. The first-order valence-electron chi connectivity index (χ1n) is 10.6. The van der Waals surface area contributed by atoms with Crippen LogP contribution in [0.5, 0.6) is 0 Å². The van der Waals surface area contributed by atoms with E-state index < -0.39 is 0 Å². The van der Waals surface area contributed by atoms with Gasteiger partial charge >= 0.3 is 0 Å². The summed E-state index contributed by atoms with van der Waals surface area (Å²) in [5.74, 6) is -0.409. The summed E-state index contributed by atoms with van der Waals surface area (Å²) in [6.45, 7) is 0.336. The minimum atomic E-state index is -0.303. The fourth-order valence-electron chi connectivity index (χ4n) is 4.07. The molecule has 31 heavy (non-hydrogen) atoms. The van der Waals surface area contributed by atoms with E-state index in [9.17, 15) is 14.4 Å². The third-order valence-corrected chi connectivity index (χ3v) is 5.70. The molecule has 0 unspecified atom stereocenters. The second-order valence-corrected chi connectivity index (χ2v) is 8.12. The number of amides is 2. The lowest BCUT2D eigenvalue weighted by molar-refractivity contribution is -0.122. The number of nitrogens with zero attached hydrogens (tertiary/aromatic N) is 3. The predicted octanol–water partition coefficient (Wildman–Crippen LogP) is 2.73. The molecule has 0 aliphatic heterocycles. The van der Waals surface area contributed by atoms with Gasteiger partial charge in [-0.2, -0.15) is 0 Å². The molecule has 4 rings (SSSR count). The molecule has 7 nitrogen and oxygen atoms in total. The topological polar surface area (TPSA) is 84.3 Å². The number of benzene rings is 1. The highest BCUT2D eigenvalue weighted by Gasteiger charge is 2.18. The van der Waals surface area contributed by atoms with Crippen molar-refractivity contribution in [3.05, 3.63) is 76.3 Å². The lowest BCUT2D eigenvalue weighted by Gasteiger charge is -2.18. The summed E-state index contributed by atoms with van der Waals surface area (Å²) in [4.78, 5) is 43.4. The maximum Gasteiger partial charge on any atom is 0.255 e. The van der Waals surface area contributed by atoms with Crippen molar-refractivity contribution in [1.82, 2.24) is 19.8 Å². The van der Waals surface area contributed by atoms with Crippen molar-refractivity contribution in [2.24, 2.45) is 0 Å². The van der Waals surface area contributed by atoms with E-state index in [-0.39, 0.29) is 30.0 Å². The molecule has 7 heteroatoms. The molecule has 2 heterocycles. The van der Waals surface area contributed by atoms with Gasteiger partial charge in [-0.25, -0.2) is 0 Å². The molecule has 0 radical (unpaired) electrons. The normalized spacial score (nSPS) is 14.0. The van der Waals surface area contributed by atoms with Gasteiger partial charge < -0.3 is 14.8 Å². The molecule has 1 fully saturated rings. The predicted molar refractivity (Wildman–Crippen MR) is 119 cm³/mol. The van der Waals surface area contributed by atoms with E-state index in [1.807, 2.05) is 30.3 Å². The second-order valence-electron chi connectivity index (χ2n) is 8.12. The number of hydrogen-bond donors (Lipinski definition) is 1. The molecule has 160 valence electrons. The van der Waals surface area contributed by atoms with Crippen LogP contribution in [-0.2, 0) is 17.9 Å². The van der Waals surface area contributed by atoms with Crippen LogP contribution in [-0.4, -0.2) is 39.4 Å². The molecule has 0 spiro atoms. The average Bonchev–Trinajstić information content (AvgIpc) is 3.27. The van der Waals surface area contributed by atoms with Gasteiger partial charge in [0.2, 0.25) is 5.91 Å². The van der Waals surface area contributed by atoms with E-state index in [0.717, 1.165) is 42.1 Å². The maximum absolute atomic E-state index is 12.9. The smallest absolute Gasteiger partial charge is 0.255 e. The molecular weight excluding hydrogens is 392 g/mol. The number of pyridine rings is 2. The van der Waals surface area contributed by atoms with Crippen molar-refractivity contribution in [3.8, 4) is 0 Å². The van der Waals surface area contributed by atoms with Crippen LogP contribution in [0.4, 0.5) is 0 Å². The van der Waals surface area contributed by atoms with Crippen molar-refractivity contribution in [2.75, 3.05) is 7.05 Å². The first-order chi connectivity index (χ1) is 15.0. The Kier molecular flexibility index (Phi) is 6.11. The fourth-order valence-corrected chi connectivity index (χ4v) is 4.07. The van der Waals surface area contributed by atoms with Gasteiger partial charge in [0.25, 0.3) is 11.5 Å². The second kappa shape index (κ2) is 9.12. The van der Waals surface area contributed by atoms with Crippen LogP contribution in [0.25, 0.3) is 10.9 Å². The summed E-state index contributed by atoms with van der Waals surface area (Å²) < 4.78 is 1.30. The Balaban J connectivity index is 1.44. The third-order valence-electron chi connectivity index (χ3n) is 5.70. The van der Waals surface area contributed by atoms with E-state index in [1.165, 1.54) is 22.9 Å². The largest absolute Gasteiger partial charge is 0.352 e. The lowest BCUT2D eigenvalue weighted by atomic mass is 10.1. The first kappa shape index (κ1) is 20.8. The Labute approximate surface area is 180 Å². The molecule has 2 aromatic heterocycles. The first-order valence-corrected chi connectivity index (χ1v) is 10.6. The summed E-state index contributed by atoms with van der Waals surface area (Å²) in [5.41, 5.74) is 1.96. The van der Waals surface area contributed by atoms with E-state index in [2.05, 4.69) is 10.3 Å². The van der Waals surface area contributed by atoms with Crippen LogP contribution in [0.2, 0.25) is 0 Å². The molecule has 2 amide bonds. The van der Waals surface area contributed by atoms with Gasteiger partial charge in [-0.15, -0.1) is 0 Å². The number of fused-ring (bicyclic) bond motifs is 1. The molecule has 3 aromatic rings. The highest BCUT2D eigenvalue weighted by atomic mass is 16.2. The summed E-state index contributed by atoms with van der Waals surface area (Å²) in [7, 11) is 1.72. The van der Waals surface area contributed by atoms with E-state index in [0.29, 0.717) is 12.1 Å². The van der Waals surface area contributed by atoms with Crippen LogP contribution in [0.15, 0.2) is 59.7 Å². The minimum absolute atomic E-state index is 0.0855. The molecule has 0 atom stereocenters. The number of hydrogen-bond acceptors (Lipinski definition) is 4. The highest BCUT2D eigenvalue weighted by molar-refractivity contribution is 5.93. The van der Waals surface area contributed by atoms with Gasteiger partial charge in [-0.05, 0) is 42.7 Å². The van der Waals surface area contributed by atoms with Gasteiger partial charge in [0.15, 0.2) is 0 Å². The zero-order valence-corrected chi connectivity index (χ0v) is 17.6. The Morgan fingerprint density at radius 3 is 2.77 bits per heavy atom. The van der Waals surface area contributed by atoms with Gasteiger partial charge in [-0.3, -0.25) is 19.4 Å². The zero-order chi connectivity index (χ0) is 21.8. The van der Waals surface area contributed by atoms with E-state index >= 15 is 0 Å². The number of carbonyl (C=O) groups excluding carboxylic acids is 2. The average molecular weight is 418 g/mol. The van der Waals surface area contributed by atoms with Gasteiger partial charge in [0.05, 0.1) is 11.1 Å². The Morgan fingerprint density at radius 2 is 1.97 bits per heavy atom. The lowest BCUT2D eigenvalue weighted by Crippen LogP contribution is -2.37. The number of rotatable bonds is 6. The van der Waals surface area contributed by atoms with Crippen LogP contribution in [0, 0.1) is 0 Å². The van der Waals surface area contributed by atoms with Crippen LogP contribution in [0.3, 0.4) is 0 Å². The Hall–Kier alpha value is -3.48. The van der Waals surface area contributed by atoms with Gasteiger partial charge in [-0.1, -0.05) is 25.0 Å². The zero-order valence-electron chi connectivity index (χ0n) is 17.6. The fraction of sp³-hybridized carbons (Fsp3) is 0.333. The summed E-state index contributed by atoms with van der Waals surface area (Å²) >= 11 is 0. The summed E-state index contributed by atoms with van der Waals surface area (Å²) in [6.07, 6.45) is 7.42. The standard InChI is InChI=1S/C24H26N4O3/c1-27(14-17-8-10-21-18(13-17)5-4-12-25-21)24(31)19-9-11-23(30)28(15-19)16-22(29)26-20-6-2-3-7-20/h4-5,8-13,15,20H,2-3,6-7,14,16H2,1H3,(H,26,29). The van der Waals surface area contributed by atoms with Crippen molar-refractivity contribution in [3.63, 3.8) is 0 Å². The number of carbonyl (C=O) groups is 2.